The first-order valence-corrected chi connectivity index (χ1v) is 27.6. The smallest absolute Gasteiger partial charge is 0.252 e. The number of rotatable bonds is 18. The second-order valence-corrected chi connectivity index (χ2v) is 24.0. The van der Waals surface area contributed by atoms with Gasteiger partial charge in [-0.05, 0) is 102 Å². The summed E-state index contributed by atoms with van der Waals surface area (Å²) in [5.41, 5.74) is 5.60. The zero-order chi connectivity index (χ0) is 58.1. The zero-order valence-corrected chi connectivity index (χ0v) is 47.3. The minimum Gasteiger partial charge on any atom is -0.382 e. The molecule has 9 N–H and O–H groups in total. The highest BCUT2D eigenvalue weighted by Gasteiger charge is 2.49. The van der Waals surface area contributed by atoms with Crippen LogP contribution < -0.4 is 37.2 Å². The summed E-state index contributed by atoms with van der Waals surface area (Å²) in [5.74, 6) is -5.82. The summed E-state index contributed by atoms with van der Waals surface area (Å²) < 4.78 is 0. The van der Waals surface area contributed by atoms with Crippen LogP contribution in [-0.2, 0) is 38.4 Å². The maximum Gasteiger partial charge on any atom is 0.252 e. The van der Waals surface area contributed by atoms with Crippen molar-refractivity contribution in [2.75, 3.05) is 27.2 Å². The number of aliphatic hydroxyl groups is 2. The summed E-state index contributed by atoms with van der Waals surface area (Å²) in [6.45, 7) is 13.7. The van der Waals surface area contributed by atoms with Gasteiger partial charge in [-0.3, -0.25) is 38.4 Å². The Balaban J connectivity index is 0.999. The van der Waals surface area contributed by atoms with Crippen LogP contribution in [-0.4, -0.2) is 149 Å². The van der Waals surface area contributed by atoms with Crippen molar-refractivity contribution in [2.24, 2.45) is 16.7 Å². The van der Waals surface area contributed by atoms with E-state index in [2.05, 4.69) is 37.2 Å². The van der Waals surface area contributed by atoms with Crippen molar-refractivity contribution in [2.45, 2.75) is 141 Å². The van der Waals surface area contributed by atoms with Gasteiger partial charge < -0.3 is 57.2 Å². The number of Topliss-reactive ketones (excluding diaryl/α,β-unsaturated/α-hetero) is 1. The van der Waals surface area contributed by atoms with Gasteiger partial charge in [-0.2, -0.15) is 0 Å². The Labute approximate surface area is 467 Å². The third-order valence-corrected chi connectivity index (χ3v) is 16.3. The fourth-order valence-corrected chi connectivity index (χ4v) is 11.5. The Hall–Kier alpha value is -7.32. The Morgan fingerprint density at radius 3 is 1.25 bits per heavy atom. The van der Waals surface area contributed by atoms with E-state index in [1.807, 2.05) is 97.1 Å². The fraction of sp³-hybridized carbons (Fsp3) is 0.475. The van der Waals surface area contributed by atoms with Crippen molar-refractivity contribution in [1.82, 2.24) is 47.0 Å². The lowest BCUT2D eigenvalue weighted by Crippen LogP contribution is -2.59. The fourth-order valence-electron chi connectivity index (χ4n) is 11.5. The Bertz CT molecular complexity index is 2750. The molecule has 19 heteroatoms. The average molecular weight is 1100 g/mol. The molecule has 426 valence electrons. The third kappa shape index (κ3) is 12.1. The predicted molar refractivity (Wildman–Crippen MR) is 301 cm³/mol. The number of carbonyl (C=O) groups is 8. The number of hydrogen-bond acceptors (Lipinski definition) is 12. The zero-order valence-electron chi connectivity index (χ0n) is 47.3. The standard InChI is InChI=1S/C61H77N9O10/c1-32(62-9)53(74)67-51(60(3,4)5)58(79)69-30-34(27-44(69)55(76)65-47-40-23-15-11-19-36(40)37-20-12-16-24-41(37)47)28-46(71)49(72)50(73)57(78)64-35-29-45(70(31-35)59(80)52(61(6,7)8)68-54(75)33(2)63-10)56(77)66-48-42-25-17-13-21-38(42)39-22-14-18-26-43(39)48/h11-26,32-35,44-45,47-52,62-63,72-73H,27-31H2,1-10H3,(H,64,78)(H,65,76)(H,66,77)(H,67,74)(H,68,75)/t32-,33-,34+,35-,44-,45-,49-,50+,51+,52+/m0/s1. The van der Waals surface area contributed by atoms with E-state index in [1.165, 1.54) is 9.80 Å². The van der Waals surface area contributed by atoms with E-state index in [-0.39, 0.29) is 25.9 Å². The molecule has 8 rings (SSSR count). The van der Waals surface area contributed by atoms with Crippen molar-refractivity contribution in [1.29, 1.82) is 0 Å². The highest BCUT2D eigenvalue weighted by atomic mass is 16.3. The number of likely N-dealkylation sites (tertiary alicyclic amines) is 2. The number of fused-ring (bicyclic) bond motifs is 6. The van der Waals surface area contributed by atoms with E-state index < -0.39 is 137 Å². The number of amides is 7. The quantitative estimate of drug-likeness (QED) is 0.0697. The molecule has 0 aromatic heterocycles. The molecule has 2 aliphatic carbocycles. The molecule has 2 saturated heterocycles. The third-order valence-electron chi connectivity index (χ3n) is 16.3. The van der Waals surface area contributed by atoms with Crippen LogP contribution in [0.25, 0.3) is 22.3 Å². The van der Waals surface area contributed by atoms with Gasteiger partial charge in [-0.15, -0.1) is 0 Å². The lowest BCUT2D eigenvalue weighted by Gasteiger charge is -2.36. The number of aliphatic hydroxyl groups excluding tert-OH is 2. The number of carbonyl (C=O) groups excluding carboxylic acids is 8. The molecule has 2 aliphatic heterocycles. The van der Waals surface area contributed by atoms with Gasteiger partial charge in [0.15, 0.2) is 11.9 Å². The molecule has 4 aliphatic rings. The van der Waals surface area contributed by atoms with Gasteiger partial charge in [0.2, 0.25) is 35.4 Å². The Kier molecular flexibility index (Phi) is 17.5. The van der Waals surface area contributed by atoms with Gasteiger partial charge in [0, 0.05) is 25.6 Å². The number of likely N-dealkylation sites (N-methyl/N-ethyl adjacent to an activating group) is 2. The number of hydrogen-bond donors (Lipinski definition) is 9. The number of ketones is 1. The maximum atomic E-state index is 14.8. The number of benzene rings is 4. The minimum atomic E-state index is -2.30. The summed E-state index contributed by atoms with van der Waals surface area (Å²) in [7, 11) is 3.23. The monoisotopic (exact) mass is 1100 g/mol. The SMILES string of the molecule is CN[C@@H](C)C(=O)N[C@H](C(=O)N1C[C@@H](CC(=O)[C@H](O)[C@@H](O)C(=O)N[C@H]2C[C@@H](C(=O)NC3c4ccccc4-c4ccccc43)N(C(=O)[C@@H](NC(=O)[C@H](C)NC)C(C)(C)C)C2)C[C@H]1C(=O)NC1c2ccccc2-c2ccccc21)C(C)(C)C. The minimum absolute atomic E-state index is 0.0244. The van der Waals surface area contributed by atoms with E-state index >= 15 is 0 Å². The largest absolute Gasteiger partial charge is 0.382 e. The number of nitrogens with zero attached hydrogens (tertiary/aromatic N) is 2. The molecule has 0 radical (unpaired) electrons. The van der Waals surface area contributed by atoms with Crippen LogP contribution in [0.2, 0.25) is 0 Å². The van der Waals surface area contributed by atoms with Crippen molar-refractivity contribution in [3.63, 3.8) is 0 Å². The molecule has 4 aromatic carbocycles. The van der Waals surface area contributed by atoms with Crippen LogP contribution in [0.1, 0.15) is 109 Å². The van der Waals surface area contributed by atoms with E-state index in [0.717, 1.165) is 44.5 Å². The molecule has 4 aromatic rings. The van der Waals surface area contributed by atoms with Crippen molar-refractivity contribution < 1.29 is 48.6 Å². The lowest BCUT2D eigenvalue weighted by atomic mass is 9.85. The topological polar surface area (TPSA) is 268 Å². The molecule has 19 nitrogen and oxygen atoms in total. The van der Waals surface area contributed by atoms with E-state index in [1.54, 1.807) is 69.5 Å². The van der Waals surface area contributed by atoms with Gasteiger partial charge in [0.25, 0.3) is 5.91 Å². The van der Waals surface area contributed by atoms with Crippen LogP contribution >= 0.6 is 0 Å². The summed E-state index contributed by atoms with van der Waals surface area (Å²) >= 11 is 0. The van der Waals surface area contributed by atoms with Crippen molar-refractivity contribution >= 4 is 47.1 Å². The lowest BCUT2D eigenvalue weighted by molar-refractivity contribution is -0.146. The molecule has 10 atom stereocenters. The van der Waals surface area contributed by atoms with Crippen LogP contribution in [0.5, 0.6) is 0 Å². The second-order valence-electron chi connectivity index (χ2n) is 24.0. The molecular formula is C61H77N9O10. The molecule has 0 bridgehead atoms. The summed E-state index contributed by atoms with van der Waals surface area (Å²) in [6.07, 6.45) is -5.14. The summed E-state index contributed by atoms with van der Waals surface area (Å²) in [6, 6.07) is 22.9. The molecule has 80 heavy (non-hydrogen) atoms. The van der Waals surface area contributed by atoms with E-state index in [9.17, 15) is 48.6 Å². The molecule has 2 fully saturated rings. The van der Waals surface area contributed by atoms with Gasteiger partial charge >= 0.3 is 0 Å². The Morgan fingerprint density at radius 2 is 0.875 bits per heavy atom. The van der Waals surface area contributed by atoms with Gasteiger partial charge in [0.1, 0.15) is 30.3 Å². The molecule has 2 heterocycles. The number of nitrogens with one attached hydrogen (secondary N) is 7. The van der Waals surface area contributed by atoms with E-state index in [4.69, 9.17) is 0 Å². The van der Waals surface area contributed by atoms with Gasteiger partial charge in [-0.1, -0.05) is 139 Å². The normalized spacial score (nSPS) is 20.9. The average Bonchev–Trinajstić information content (AvgIpc) is 4.21. The van der Waals surface area contributed by atoms with Crippen LogP contribution in [0, 0.1) is 16.7 Å². The second kappa shape index (κ2) is 23.8. The molecule has 7 amide bonds. The van der Waals surface area contributed by atoms with Crippen LogP contribution in [0.4, 0.5) is 0 Å². The predicted octanol–water partition coefficient (Wildman–Crippen LogP) is 3.02. The maximum absolute atomic E-state index is 14.8. The molecular weight excluding hydrogens is 1020 g/mol. The summed E-state index contributed by atoms with van der Waals surface area (Å²) in [5, 5.41) is 43.4. The first-order valence-electron chi connectivity index (χ1n) is 27.6. The van der Waals surface area contributed by atoms with Crippen molar-refractivity contribution in [3.8, 4) is 22.3 Å². The Morgan fingerprint density at radius 1 is 0.512 bits per heavy atom. The van der Waals surface area contributed by atoms with Crippen LogP contribution in [0.3, 0.4) is 0 Å². The summed E-state index contributed by atoms with van der Waals surface area (Å²) in [4.78, 5) is 116. The first kappa shape index (κ1) is 58.8. The van der Waals surface area contributed by atoms with Crippen LogP contribution in [0.15, 0.2) is 97.1 Å². The van der Waals surface area contributed by atoms with Gasteiger partial charge in [-0.25, -0.2) is 0 Å². The molecule has 0 saturated carbocycles. The van der Waals surface area contributed by atoms with Gasteiger partial charge in [0.05, 0.1) is 24.2 Å². The first-order chi connectivity index (χ1) is 37.8. The highest BCUT2D eigenvalue weighted by molar-refractivity contribution is 5.97. The van der Waals surface area contributed by atoms with Crippen molar-refractivity contribution in [3.05, 3.63) is 119 Å². The molecule has 0 spiro atoms. The highest BCUT2D eigenvalue weighted by Crippen LogP contribution is 2.45. The van der Waals surface area contributed by atoms with E-state index in [0.29, 0.717) is 0 Å². The molecule has 0 unspecified atom stereocenters.